The van der Waals surface area contributed by atoms with Crippen molar-refractivity contribution in [1.82, 2.24) is 9.97 Å². The molecule has 0 saturated carbocycles. The Morgan fingerprint density at radius 2 is 1.73 bits per heavy atom. The van der Waals surface area contributed by atoms with Crippen LogP contribution in [0.15, 0.2) is 71.5 Å². The molecule has 2 aromatic heterocycles. The Morgan fingerprint density at radius 3 is 2.47 bits per heavy atom. The summed E-state index contributed by atoms with van der Waals surface area (Å²) in [6, 6.07) is 19.0. The topological polar surface area (TPSA) is 38.9 Å². The first-order chi connectivity index (χ1) is 14.2. The molecule has 0 spiro atoms. The number of rotatable bonds is 5. The Kier molecular flexibility index (Phi) is 6.21. The van der Waals surface area contributed by atoms with Crippen molar-refractivity contribution >= 4 is 24.0 Å². The van der Waals surface area contributed by atoms with E-state index in [1.165, 1.54) is 34.4 Å². The van der Waals surface area contributed by atoms with E-state index < -0.39 is 0 Å². The average Bonchev–Trinajstić information content (AvgIpc) is 3.41. The summed E-state index contributed by atoms with van der Waals surface area (Å²) in [4.78, 5) is 9.15. The minimum atomic E-state index is 0. The molecule has 0 saturated heterocycles. The van der Waals surface area contributed by atoms with Crippen LogP contribution in [0.5, 0.6) is 0 Å². The van der Waals surface area contributed by atoms with E-state index in [1.807, 2.05) is 18.2 Å². The molecule has 30 heavy (non-hydrogen) atoms. The summed E-state index contributed by atoms with van der Waals surface area (Å²) in [6.45, 7) is 0. The maximum Gasteiger partial charge on any atom is 0.198 e. The Balaban J connectivity index is 0.00000218. The van der Waals surface area contributed by atoms with E-state index in [9.17, 15) is 0 Å². The standard InChI is InChI=1S/C25H21ClN2O.ClH/c26-21-4-1-3-19(15-21)24-16-20(22-5-2-6-23(22)28-24)13-17-7-9-18(10-8-17)14-25-27-11-12-29-25;/h1,3-4,7-12,15-16H,2,5-6,13-14H2;1H. The summed E-state index contributed by atoms with van der Waals surface area (Å²) in [5.41, 5.74) is 8.66. The maximum atomic E-state index is 6.21. The van der Waals surface area contributed by atoms with Gasteiger partial charge in [0.2, 0.25) is 0 Å². The second-order valence-corrected chi connectivity index (χ2v) is 7.99. The molecule has 0 unspecified atom stereocenters. The molecule has 0 aliphatic heterocycles. The van der Waals surface area contributed by atoms with E-state index >= 15 is 0 Å². The zero-order valence-electron chi connectivity index (χ0n) is 16.5. The van der Waals surface area contributed by atoms with Crippen molar-refractivity contribution < 1.29 is 4.42 Å². The van der Waals surface area contributed by atoms with E-state index in [0.29, 0.717) is 0 Å². The van der Waals surface area contributed by atoms with Gasteiger partial charge >= 0.3 is 0 Å². The van der Waals surface area contributed by atoms with Gasteiger partial charge in [-0.2, -0.15) is 0 Å². The first-order valence-corrected chi connectivity index (χ1v) is 10.4. The molecule has 0 fully saturated rings. The van der Waals surface area contributed by atoms with Gasteiger partial charge in [0.15, 0.2) is 5.89 Å². The average molecular weight is 437 g/mol. The molecule has 5 heteroatoms. The number of aryl methyl sites for hydroxylation is 1. The van der Waals surface area contributed by atoms with Gasteiger partial charge in [-0.1, -0.05) is 48.0 Å². The van der Waals surface area contributed by atoms with Gasteiger partial charge in [-0.25, -0.2) is 4.98 Å². The van der Waals surface area contributed by atoms with Crippen LogP contribution >= 0.6 is 24.0 Å². The lowest BCUT2D eigenvalue weighted by Gasteiger charge is -2.12. The van der Waals surface area contributed by atoms with Gasteiger partial charge in [0.05, 0.1) is 11.9 Å². The van der Waals surface area contributed by atoms with Gasteiger partial charge in [-0.05, 0) is 66.1 Å². The van der Waals surface area contributed by atoms with Crippen molar-refractivity contribution in [3.8, 4) is 11.3 Å². The monoisotopic (exact) mass is 436 g/mol. The van der Waals surface area contributed by atoms with E-state index in [4.69, 9.17) is 21.0 Å². The molecule has 2 heterocycles. The van der Waals surface area contributed by atoms with Crippen LogP contribution < -0.4 is 0 Å². The summed E-state index contributed by atoms with van der Waals surface area (Å²) < 4.78 is 5.35. The third-order valence-electron chi connectivity index (χ3n) is 5.52. The Hall–Kier alpha value is -2.62. The SMILES string of the molecule is Cl.Clc1cccc(-c2cc(Cc3ccc(Cc4ncco4)cc3)c3c(n2)CCC3)c1. The summed E-state index contributed by atoms with van der Waals surface area (Å²) in [5, 5.41) is 0.744. The fourth-order valence-corrected chi connectivity index (χ4v) is 4.28. The molecule has 0 bridgehead atoms. The molecule has 0 amide bonds. The number of pyridine rings is 1. The van der Waals surface area contributed by atoms with Crippen molar-refractivity contribution in [2.75, 3.05) is 0 Å². The van der Waals surface area contributed by atoms with Crippen LogP contribution in [0.4, 0.5) is 0 Å². The molecule has 5 rings (SSSR count). The quantitative estimate of drug-likeness (QED) is 0.359. The zero-order valence-corrected chi connectivity index (χ0v) is 18.0. The molecule has 152 valence electrons. The zero-order chi connectivity index (χ0) is 19.6. The molecule has 4 aromatic rings. The number of aromatic nitrogens is 2. The van der Waals surface area contributed by atoms with Gasteiger partial charge in [-0.15, -0.1) is 12.4 Å². The molecule has 0 radical (unpaired) electrons. The summed E-state index contributed by atoms with van der Waals surface area (Å²) >= 11 is 6.21. The van der Waals surface area contributed by atoms with E-state index in [1.54, 1.807) is 12.5 Å². The van der Waals surface area contributed by atoms with Crippen LogP contribution in [0.25, 0.3) is 11.3 Å². The second kappa shape index (κ2) is 9.03. The predicted octanol–water partition coefficient (Wildman–Crippen LogP) is 6.48. The van der Waals surface area contributed by atoms with Gasteiger partial charge in [0.25, 0.3) is 0 Å². The Labute approximate surface area is 187 Å². The van der Waals surface area contributed by atoms with Crippen molar-refractivity contribution in [2.45, 2.75) is 32.1 Å². The van der Waals surface area contributed by atoms with E-state index in [2.05, 4.69) is 41.4 Å². The van der Waals surface area contributed by atoms with Gasteiger partial charge in [-0.3, -0.25) is 4.98 Å². The second-order valence-electron chi connectivity index (χ2n) is 7.55. The molecular formula is C25H22Cl2N2O. The summed E-state index contributed by atoms with van der Waals surface area (Å²) in [7, 11) is 0. The largest absolute Gasteiger partial charge is 0.449 e. The molecule has 0 atom stereocenters. The number of fused-ring (bicyclic) bond motifs is 1. The van der Waals surface area contributed by atoms with E-state index in [0.717, 1.165) is 47.9 Å². The fourth-order valence-electron chi connectivity index (χ4n) is 4.09. The van der Waals surface area contributed by atoms with Crippen LogP contribution in [0.3, 0.4) is 0 Å². The van der Waals surface area contributed by atoms with Crippen LogP contribution in [-0.2, 0) is 25.7 Å². The van der Waals surface area contributed by atoms with Crippen LogP contribution in [0, 0.1) is 0 Å². The highest BCUT2D eigenvalue weighted by Crippen LogP contribution is 2.31. The fraction of sp³-hybridized carbons (Fsp3) is 0.200. The highest BCUT2D eigenvalue weighted by molar-refractivity contribution is 6.30. The normalized spacial score (nSPS) is 12.4. The van der Waals surface area contributed by atoms with Crippen LogP contribution in [-0.4, -0.2) is 9.97 Å². The number of benzene rings is 2. The molecule has 1 aliphatic carbocycles. The smallest absolute Gasteiger partial charge is 0.198 e. The highest BCUT2D eigenvalue weighted by Gasteiger charge is 2.18. The number of oxazole rings is 1. The van der Waals surface area contributed by atoms with Crippen LogP contribution in [0.1, 0.15) is 40.3 Å². The summed E-state index contributed by atoms with van der Waals surface area (Å²) in [6.07, 6.45) is 8.30. The van der Waals surface area contributed by atoms with Crippen molar-refractivity contribution in [3.05, 3.63) is 106 Å². The Morgan fingerprint density at radius 1 is 0.933 bits per heavy atom. The highest BCUT2D eigenvalue weighted by atomic mass is 35.5. The minimum absolute atomic E-state index is 0. The maximum absolute atomic E-state index is 6.21. The van der Waals surface area contributed by atoms with Gasteiger partial charge < -0.3 is 4.42 Å². The van der Waals surface area contributed by atoms with Gasteiger partial charge in [0.1, 0.15) is 6.26 Å². The van der Waals surface area contributed by atoms with Crippen molar-refractivity contribution in [2.24, 2.45) is 0 Å². The lowest BCUT2D eigenvalue weighted by molar-refractivity contribution is 0.507. The minimum Gasteiger partial charge on any atom is -0.449 e. The van der Waals surface area contributed by atoms with E-state index in [-0.39, 0.29) is 12.4 Å². The number of hydrogen-bond acceptors (Lipinski definition) is 3. The molecule has 1 aliphatic rings. The molecule has 3 nitrogen and oxygen atoms in total. The lowest BCUT2D eigenvalue weighted by atomic mass is 9.96. The third kappa shape index (κ3) is 4.43. The lowest BCUT2D eigenvalue weighted by Crippen LogP contribution is -2.00. The first-order valence-electron chi connectivity index (χ1n) is 9.98. The number of halogens is 2. The predicted molar refractivity (Wildman–Crippen MR) is 123 cm³/mol. The van der Waals surface area contributed by atoms with Gasteiger partial charge in [0, 0.05) is 22.7 Å². The molecule has 2 aromatic carbocycles. The molecular weight excluding hydrogens is 415 g/mol. The third-order valence-corrected chi connectivity index (χ3v) is 5.75. The van der Waals surface area contributed by atoms with Crippen LogP contribution in [0.2, 0.25) is 5.02 Å². The number of nitrogens with zero attached hydrogens (tertiary/aromatic N) is 2. The van der Waals surface area contributed by atoms with Crippen molar-refractivity contribution in [1.29, 1.82) is 0 Å². The number of hydrogen-bond donors (Lipinski definition) is 0. The Bertz CT molecular complexity index is 1140. The first kappa shape index (κ1) is 20.6. The molecule has 0 N–H and O–H groups in total. The summed E-state index contributed by atoms with van der Waals surface area (Å²) in [5.74, 6) is 0.746. The van der Waals surface area contributed by atoms with Crippen molar-refractivity contribution in [3.63, 3.8) is 0 Å².